The maximum absolute atomic E-state index is 10.4. The van der Waals surface area contributed by atoms with Crippen LogP contribution in [0, 0.1) is 0 Å². The molecule has 1 heterocycles. The molecule has 1 aliphatic rings. The summed E-state index contributed by atoms with van der Waals surface area (Å²) in [7, 11) is 0. The molecule has 0 amide bonds. The lowest BCUT2D eigenvalue weighted by molar-refractivity contribution is -0.137. The summed E-state index contributed by atoms with van der Waals surface area (Å²) in [5.74, 6) is 0.347. The number of hydrogen-bond donors (Lipinski definition) is 1. The number of aryl methyl sites for hydroxylation is 1. The molecule has 4 heteroatoms. The molecule has 0 saturated carbocycles. The molecule has 1 N–H and O–H groups in total. The van der Waals surface area contributed by atoms with Crippen LogP contribution in [0.5, 0.6) is 11.5 Å². The highest BCUT2D eigenvalue weighted by molar-refractivity contribution is 5.66. The van der Waals surface area contributed by atoms with E-state index in [2.05, 4.69) is 6.07 Å². The minimum atomic E-state index is -0.705. The first-order valence-corrected chi connectivity index (χ1v) is 7.19. The van der Waals surface area contributed by atoms with E-state index in [0.29, 0.717) is 0 Å². The van der Waals surface area contributed by atoms with Gasteiger partial charge in [-0.3, -0.25) is 4.79 Å². The fourth-order valence-corrected chi connectivity index (χ4v) is 2.38. The van der Waals surface area contributed by atoms with Crippen molar-refractivity contribution in [3.63, 3.8) is 0 Å². The van der Waals surface area contributed by atoms with E-state index in [4.69, 9.17) is 14.6 Å². The van der Waals surface area contributed by atoms with Crippen LogP contribution in [0.1, 0.15) is 51.5 Å². The molecule has 0 aliphatic carbocycles. The van der Waals surface area contributed by atoms with Gasteiger partial charge in [-0.05, 0) is 37.0 Å². The first kappa shape index (κ1) is 14.7. The van der Waals surface area contributed by atoms with Crippen molar-refractivity contribution < 1.29 is 19.4 Å². The summed E-state index contributed by atoms with van der Waals surface area (Å²) in [4.78, 5) is 10.4. The average Bonchev–Trinajstić information content (AvgIpc) is 2.66. The van der Waals surface area contributed by atoms with Crippen LogP contribution in [0.2, 0.25) is 0 Å². The van der Waals surface area contributed by atoms with Crippen molar-refractivity contribution in [3.8, 4) is 11.5 Å². The maximum atomic E-state index is 10.4. The third kappa shape index (κ3) is 4.15. The topological polar surface area (TPSA) is 55.8 Å². The Morgan fingerprint density at radius 1 is 1.10 bits per heavy atom. The lowest BCUT2D eigenvalue weighted by Crippen LogP contribution is -2.29. The fraction of sp³-hybridized carbons (Fsp3) is 0.562. The molecule has 110 valence electrons. The third-order valence-electron chi connectivity index (χ3n) is 3.33. The molecule has 0 unspecified atom stereocenters. The van der Waals surface area contributed by atoms with Gasteiger partial charge in [0.25, 0.3) is 0 Å². The number of fused-ring (bicyclic) bond motifs is 1. The number of hydrogen-bond acceptors (Lipinski definition) is 3. The molecule has 2 rings (SSSR count). The van der Waals surface area contributed by atoms with E-state index in [-0.39, 0.29) is 6.42 Å². The van der Waals surface area contributed by atoms with E-state index in [1.807, 2.05) is 26.0 Å². The summed E-state index contributed by atoms with van der Waals surface area (Å²) in [6.45, 7) is 3.80. The van der Waals surface area contributed by atoms with Crippen LogP contribution in [0.15, 0.2) is 18.2 Å². The normalized spacial score (nSPS) is 15.3. The predicted molar refractivity (Wildman–Crippen MR) is 76.2 cm³/mol. The molecular weight excluding hydrogens is 256 g/mol. The van der Waals surface area contributed by atoms with Crippen LogP contribution in [-0.2, 0) is 11.2 Å². The van der Waals surface area contributed by atoms with Gasteiger partial charge in [-0.15, -0.1) is 0 Å². The summed E-state index contributed by atoms with van der Waals surface area (Å²) in [5, 5.41) is 8.55. The van der Waals surface area contributed by atoms with Gasteiger partial charge in [0.1, 0.15) is 0 Å². The van der Waals surface area contributed by atoms with E-state index >= 15 is 0 Å². The Kier molecular flexibility index (Phi) is 4.53. The highest BCUT2D eigenvalue weighted by Crippen LogP contribution is 2.39. The lowest BCUT2D eigenvalue weighted by atomic mass is 10.0. The molecule has 0 atom stereocenters. The zero-order valence-corrected chi connectivity index (χ0v) is 12.1. The summed E-state index contributed by atoms with van der Waals surface area (Å²) in [5.41, 5.74) is 1.24. The Morgan fingerprint density at radius 3 is 2.55 bits per heavy atom. The number of aliphatic carboxylic acids is 1. The fourth-order valence-electron chi connectivity index (χ4n) is 2.38. The zero-order chi connectivity index (χ0) is 14.6. The Labute approximate surface area is 119 Å². The van der Waals surface area contributed by atoms with Crippen LogP contribution >= 0.6 is 0 Å². The van der Waals surface area contributed by atoms with Gasteiger partial charge in [0, 0.05) is 20.3 Å². The molecule has 0 aromatic heterocycles. The number of rotatable bonds is 7. The first-order valence-electron chi connectivity index (χ1n) is 7.19. The Morgan fingerprint density at radius 2 is 1.80 bits per heavy atom. The predicted octanol–water partition coefficient (Wildman–Crippen LogP) is 3.77. The summed E-state index contributed by atoms with van der Waals surface area (Å²) in [6, 6.07) is 6.08. The van der Waals surface area contributed by atoms with Gasteiger partial charge in [-0.25, -0.2) is 0 Å². The van der Waals surface area contributed by atoms with Crippen molar-refractivity contribution in [1.82, 2.24) is 0 Å². The van der Waals surface area contributed by atoms with Gasteiger partial charge in [0.15, 0.2) is 11.5 Å². The number of benzene rings is 1. The molecule has 0 saturated heterocycles. The Balaban J connectivity index is 1.74. The van der Waals surface area contributed by atoms with Gasteiger partial charge < -0.3 is 14.6 Å². The number of unbranched alkanes of at least 4 members (excludes halogenated alkanes) is 3. The van der Waals surface area contributed by atoms with Gasteiger partial charge in [-0.1, -0.05) is 18.9 Å². The molecule has 0 bridgehead atoms. The maximum Gasteiger partial charge on any atom is 0.303 e. The van der Waals surface area contributed by atoms with Crippen LogP contribution in [0.25, 0.3) is 0 Å². The van der Waals surface area contributed by atoms with Crippen molar-refractivity contribution in [2.75, 3.05) is 0 Å². The Hall–Kier alpha value is -1.71. The second-order valence-corrected chi connectivity index (χ2v) is 5.69. The third-order valence-corrected chi connectivity index (χ3v) is 3.33. The second-order valence-electron chi connectivity index (χ2n) is 5.69. The molecule has 0 radical (unpaired) electrons. The molecule has 1 aromatic rings. The average molecular weight is 278 g/mol. The molecular formula is C16H22O4. The first-order chi connectivity index (χ1) is 9.46. The SMILES string of the molecule is CC1(C)Oc2ccc(CCCCCCC(=O)O)cc2O1. The van der Waals surface area contributed by atoms with Crippen LogP contribution in [0.4, 0.5) is 0 Å². The van der Waals surface area contributed by atoms with E-state index in [0.717, 1.165) is 43.6 Å². The molecule has 1 aliphatic heterocycles. The Bertz CT molecular complexity index is 479. The van der Waals surface area contributed by atoms with Gasteiger partial charge >= 0.3 is 5.97 Å². The van der Waals surface area contributed by atoms with Gasteiger partial charge in [0.05, 0.1) is 0 Å². The van der Waals surface area contributed by atoms with Crippen molar-refractivity contribution in [2.45, 2.75) is 58.2 Å². The highest BCUT2D eigenvalue weighted by atomic mass is 16.7. The summed E-state index contributed by atoms with van der Waals surface area (Å²) < 4.78 is 11.4. The summed E-state index contributed by atoms with van der Waals surface area (Å²) >= 11 is 0. The minimum Gasteiger partial charge on any atom is -0.481 e. The van der Waals surface area contributed by atoms with Crippen LogP contribution in [-0.4, -0.2) is 16.9 Å². The minimum absolute atomic E-state index is 0.277. The summed E-state index contributed by atoms with van der Waals surface area (Å²) in [6.07, 6.45) is 5.15. The van der Waals surface area contributed by atoms with Crippen LogP contribution in [0.3, 0.4) is 0 Å². The molecule has 4 nitrogen and oxygen atoms in total. The molecule has 0 fully saturated rings. The van der Waals surface area contributed by atoms with Gasteiger partial charge in [-0.2, -0.15) is 0 Å². The quantitative estimate of drug-likeness (QED) is 0.771. The van der Waals surface area contributed by atoms with Crippen LogP contribution < -0.4 is 9.47 Å². The number of carbonyl (C=O) groups is 1. The van der Waals surface area contributed by atoms with E-state index < -0.39 is 11.8 Å². The molecule has 20 heavy (non-hydrogen) atoms. The monoisotopic (exact) mass is 278 g/mol. The molecule has 1 aromatic carbocycles. The van der Waals surface area contributed by atoms with Crippen molar-refractivity contribution >= 4 is 5.97 Å². The van der Waals surface area contributed by atoms with Crippen molar-refractivity contribution in [1.29, 1.82) is 0 Å². The van der Waals surface area contributed by atoms with E-state index in [9.17, 15) is 4.79 Å². The standard InChI is InChI=1S/C16H22O4/c1-16(2)19-13-10-9-12(11-14(13)20-16)7-5-3-4-6-8-15(17)18/h9-11H,3-8H2,1-2H3,(H,17,18). The number of carboxylic acid groups (broad SMARTS) is 1. The largest absolute Gasteiger partial charge is 0.481 e. The lowest BCUT2D eigenvalue weighted by Gasteiger charge is -2.16. The van der Waals surface area contributed by atoms with Crippen molar-refractivity contribution in [2.24, 2.45) is 0 Å². The highest BCUT2D eigenvalue weighted by Gasteiger charge is 2.31. The van der Waals surface area contributed by atoms with Crippen molar-refractivity contribution in [3.05, 3.63) is 23.8 Å². The van der Waals surface area contributed by atoms with Gasteiger partial charge in [0.2, 0.25) is 5.79 Å². The molecule has 0 spiro atoms. The number of ether oxygens (including phenoxy) is 2. The van der Waals surface area contributed by atoms with E-state index in [1.165, 1.54) is 5.56 Å². The zero-order valence-electron chi connectivity index (χ0n) is 12.1. The second kappa shape index (κ2) is 6.16. The van der Waals surface area contributed by atoms with E-state index in [1.54, 1.807) is 0 Å². The smallest absolute Gasteiger partial charge is 0.303 e. The number of carboxylic acids is 1.